The van der Waals surface area contributed by atoms with Crippen molar-refractivity contribution in [3.8, 4) is 6.07 Å². The van der Waals surface area contributed by atoms with Gasteiger partial charge in [0.25, 0.3) is 0 Å². The number of hydrogen-bond donors (Lipinski definition) is 1. The van der Waals surface area contributed by atoms with Crippen LogP contribution in [-0.4, -0.2) is 6.04 Å². The summed E-state index contributed by atoms with van der Waals surface area (Å²) in [6.07, 6.45) is 0.599. The monoisotopic (exact) mass is 192 g/mol. The molecule has 2 nitrogen and oxygen atoms in total. The summed E-state index contributed by atoms with van der Waals surface area (Å²) in [4.78, 5) is 0. The summed E-state index contributed by atoms with van der Waals surface area (Å²) < 4.78 is 12.6. The van der Waals surface area contributed by atoms with Gasteiger partial charge in [0.15, 0.2) is 0 Å². The van der Waals surface area contributed by atoms with Gasteiger partial charge < -0.3 is 5.73 Å². The van der Waals surface area contributed by atoms with Crippen molar-refractivity contribution >= 4 is 0 Å². The zero-order valence-corrected chi connectivity index (χ0v) is 8.07. The molecule has 0 aromatic heterocycles. The summed E-state index contributed by atoms with van der Waals surface area (Å²) in [5.41, 5.74) is 6.44. The lowest BCUT2D eigenvalue weighted by molar-refractivity contribution is 0.615. The highest BCUT2D eigenvalue weighted by Gasteiger charge is 2.12. The van der Waals surface area contributed by atoms with Gasteiger partial charge in [-0.05, 0) is 31.0 Å². The average molecular weight is 192 g/mol. The molecule has 2 N–H and O–H groups in total. The molecule has 0 aliphatic rings. The molecular weight excluding hydrogens is 179 g/mol. The molecule has 3 heteroatoms. The minimum atomic E-state index is -0.286. The third kappa shape index (κ3) is 2.82. The minimum absolute atomic E-state index is 0.0234. The topological polar surface area (TPSA) is 49.8 Å². The van der Waals surface area contributed by atoms with Crippen molar-refractivity contribution in [2.45, 2.75) is 25.3 Å². The smallest absolute Gasteiger partial charge is 0.123 e. The van der Waals surface area contributed by atoms with E-state index in [1.54, 1.807) is 12.1 Å². The second kappa shape index (κ2) is 4.73. The van der Waals surface area contributed by atoms with E-state index in [1.807, 2.05) is 6.92 Å². The molecule has 0 bridgehead atoms. The third-order valence-electron chi connectivity index (χ3n) is 2.04. The normalized spacial score (nSPS) is 14.4. The predicted molar refractivity (Wildman–Crippen MR) is 53.0 cm³/mol. The number of nitrogens with two attached hydrogens (primary N) is 1. The van der Waals surface area contributed by atoms with E-state index in [0.717, 1.165) is 5.56 Å². The first-order chi connectivity index (χ1) is 6.63. The fourth-order valence-electron chi connectivity index (χ4n) is 1.33. The Labute approximate surface area is 83.2 Å². The molecule has 0 aliphatic carbocycles. The van der Waals surface area contributed by atoms with E-state index >= 15 is 0 Å². The minimum Gasteiger partial charge on any atom is -0.328 e. The highest BCUT2D eigenvalue weighted by molar-refractivity contribution is 5.25. The van der Waals surface area contributed by atoms with Crippen molar-refractivity contribution in [1.29, 1.82) is 5.26 Å². The summed E-state index contributed by atoms with van der Waals surface area (Å²) in [7, 11) is 0. The second-order valence-electron chi connectivity index (χ2n) is 3.45. The van der Waals surface area contributed by atoms with Crippen molar-refractivity contribution in [2.75, 3.05) is 0 Å². The van der Waals surface area contributed by atoms with E-state index in [4.69, 9.17) is 11.0 Å². The summed E-state index contributed by atoms with van der Waals surface area (Å²) in [5.74, 6) is -0.526. The molecule has 0 spiro atoms. The Balaban J connectivity index is 2.80. The van der Waals surface area contributed by atoms with Gasteiger partial charge in [-0.15, -0.1) is 0 Å². The van der Waals surface area contributed by atoms with E-state index in [2.05, 4.69) is 6.07 Å². The standard InChI is InChI=1S/C11H13FN2/c1-8(14)6-10(7-13)9-2-4-11(12)5-3-9/h2-5,8,10H,6,14H2,1H3. The Bertz CT molecular complexity index is 324. The van der Waals surface area contributed by atoms with Gasteiger partial charge in [0, 0.05) is 6.04 Å². The van der Waals surface area contributed by atoms with E-state index in [-0.39, 0.29) is 17.8 Å². The van der Waals surface area contributed by atoms with E-state index in [0.29, 0.717) is 6.42 Å². The maximum atomic E-state index is 12.6. The zero-order valence-electron chi connectivity index (χ0n) is 8.07. The maximum Gasteiger partial charge on any atom is 0.123 e. The first-order valence-electron chi connectivity index (χ1n) is 4.54. The third-order valence-corrected chi connectivity index (χ3v) is 2.04. The molecule has 1 rings (SSSR count). The van der Waals surface area contributed by atoms with Crippen LogP contribution in [-0.2, 0) is 0 Å². The molecule has 74 valence electrons. The van der Waals surface area contributed by atoms with E-state index < -0.39 is 0 Å². The zero-order chi connectivity index (χ0) is 10.6. The van der Waals surface area contributed by atoms with Crippen LogP contribution >= 0.6 is 0 Å². The van der Waals surface area contributed by atoms with Gasteiger partial charge >= 0.3 is 0 Å². The van der Waals surface area contributed by atoms with Gasteiger partial charge in [-0.25, -0.2) is 4.39 Å². The summed E-state index contributed by atoms with van der Waals surface area (Å²) in [6, 6.07) is 8.13. The Morgan fingerprint density at radius 2 is 2.00 bits per heavy atom. The molecule has 0 aliphatic heterocycles. The molecule has 0 saturated heterocycles. The predicted octanol–water partition coefficient (Wildman–Crippen LogP) is 2.17. The Kier molecular flexibility index (Phi) is 3.61. The van der Waals surface area contributed by atoms with Gasteiger partial charge in [0.05, 0.1) is 12.0 Å². The lowest BCUT2D eigenvalue weighted by Gasteiger charge is -2.11. The number of benzene rings is 1. The van der Waals surface area contributed by atoms with Crippen LogP contribution in [0.25, 0.3) is 0 Å². The first-order valence-corrected chi connectivity index (χ1v) is 4.54. The lowest BCUT2D eigenvalue weighted by atomic mass is 9.94. The van der Waals surface area contributed by atoms with E-state index in [1.165, 1.54) is 12.1 Å². The summed E-state index contributed by atoms with van der Waals surface area (Å²) >= 11 is 0. The quantitative estimate of drug-likeness (QED) is 0.797. The van der Waals surface area contributed by atoms with Crippen molar-refractivity contribution < 1.29 is 4.39 Å². The first kappa shape index (κ1) is 10.7. The Morgan fingerprint density at radius 1 is 1.43 bits per heavy atom. The SMILES string of the molecule is CC(N)CC(C#N)c1ccc(F)cc1. The van der Waals surface area contributed by atoms with Crippen molar-refractivity contribution in [1.82, 2.24) is 0 Å². The fourth-order valence-corrected chi connectivity index (χ4v) is 1.33. The fraction of sp³-hybridized carbons (Fsp3) is 0.364. The largest absolute Gasteiger partial charge is 0.328 e. The summed E-state index contributed by atoms with van der Waals surface area (Å²) in [5, 5.41) is 8.90. The van der Waals surface area contributed by atoms with Crippen molar-refractivity contribution in [3.63, 3.8) is 0 Å². The highest BCUT2D eigenvalue weighted by Crippen LogP contribution is 2.20. The van der Waals surface area contributed by atoms with Crippen LogP contribution < -0.4 is 5.73 Å². The average Bonchev–Trinajstić information content (AvgIpc) is 2.15. The second-order valence-corrected chi connectivity index (χ2v) is 3.45. The number of nitriles is 1. The number of hydrogen-bond acceptors (Lipinski definition) is 2. The molecule has 0 radical (unpaired) electrons. The number of rotatable bonds is 3. The highest BCUT2D eigenvalue weighted by atomic mass is 19.1. The van der Waals surface area contributed by atoms with Gasteiger partial charge in [-0.1, -0.05) is 12.1 Å². The molecule has 1 aromatic carbocycles. The number of nitrogens with zero attached hydrogens (tertiary/aromatic N) is 1. The molecule has 1 aromatic rings. The van der Waals surface area contributed by atoms with Crippen LogP contribution in [0.2, 0.25) is 0 Å². The maximum absolute atomic E-state index is 12.6. The summed E-state index contributed by atoms with van der Waals surface area (Å²) in [6.45, 7) is 1.86. The number of halogens is 1. The van der Waals surface area contributed by atoms with Crippen LogP contribution in [0.3, 0.4) is 0 Å². The molecule has 2 atom stereocenters. The van der Waals surface area contributed by atoms with Gasteiger partial charge in [0.2, 0.25) is 0 Å². The molecular formula is C11H13FN2. The van der Waals surface area contributed by atoms with Crippen molar-refractivity contribution in [2.24, 2.45) is 5.73 Å². The van der Waals surface area contributed by atoms with Gasteiger partial charge in [-0.3, -0.25) is 0 Å². The van der Waals surface area contributed by atoms with Crippen LogP contribution in [0.5, 0.6) is 0 Å². The Morgan fingerprint density at radius 3 is 2.43 bits per heavy atom. The van der Waals surface area contributed by atoms with Gasteiger partial charge in [-0.2, -0.15) is 5.26 Å². The molecule has 2 unspecified atom stereocenters. The van der Waals surface area contributed by atoms with Crippen LogP contribution in [0, 0.1) is 17.1 Å². The van der Waals surface area contributed by atoms with Crippen LogP contribution in [0.1, 0.15) is 24.8 Å². The molecule has 0 heterocycles. The molecule has 14 heavy (non-hydrogen) atoms. The van der Waals surface area contributed by atoms with Crippen LogP contribution in [0.15, 0.2) is 24.3 Å². The van der Waals surface area contributed by atoms with E-state index in [9.17, 15) is 4.39 Å². The van der Waals surface area contributed by atoms with Crippen LogP contribution in [0.4, 0.5) is 4.39 Å². The molecule has 0 amide bonds. The molecule has 0 saturated carbocycles. The van der Waals surface area contributed by atoms with Crippen molar-refractivity contribution in [3.05, 3.63) is 35.6 Å². The Hall–Kier alpha value is -1.40. The molecule has 0 fully saturated rings. The lowest BCUT2D eigenvalue weighted by Crippen LogP contribution is -2.18. The van der Waals surface area contributed by atoms with Gasteiger partial charge in [0.1, 0.15) is 5.82 Å².